The zero-order valence-electron chi connectivity index (χ0n) is 14.4. The van der Waals surface area contributed by atoms with Gasteiger partial charge in [0, 0.05) is 0 Å². The van der Waals surface area contributed by atoms with Gasteiger partial charge in [-0.25, -0.2) is 0 Å². The number of nitrogens with zero attached hydrogens (tertiary/aromatic N) is 2. The molecule has 1 aliphatic heterocycles. The van der Waals surface area contributed by atoms with Gasteiger partial charge in [0.25, 0.3) is 0 Å². The van der Waals surface area contributed by atoms with E-state index >= 15 is 0 Å². The molecule has 3 atom stereocenters. The zero-order valence-corrected chi connectivity index (χ0v) is 15.3. The van der Waals surface area contributed by atoms with Crippen LogP contribution in [0.3, 0.4) is 0 Å². The van der Waals surface area contributed by atoms with Gasteiger partial charge in [0.05, 0.1) is 19.1 Å². The van der Waals surface area contributed by atoms with Gasteiger partial charge in [-0.05, 0) is 36.2 Å². The third-order valence-electron chi connectivity index (χ3n) is 3.85. The summed E-state index contributed by atoms with van der Waals surface area (Å²) in [5.74, 6) is -0.118. The van der Waals surface area contributed by atoms with E-state index < -0.39 is 20.1 Å². The molecule has 0 aromatic heterocycles. The lowest BCUT2D eigenvalue weighted by Gasteiger charge is -2.24. The van der Waals surface area contributed by atoms with E-state index in [1.54, 1.807) is 4.67 Å². The lowest BCUT2D eigenvalue weighted by Crippen LogP contribution is -2.41. The minimum atomic E-state index is -1.84. The van der Waals surface area contributed by atoms with Gasteiger partial charge in [-0.15, -0.1) is 0 Å². The molecule has 0 saturated heterocycles. The van der Waals surface area contributed by atoms with Crippen molar-refractivity contribution in [3.05, 3.63) is 12.2 Å². The molecule has 0 aromatic carbocycles. The van der Waals surface area contributed by atoms with Crippen LogP contribution >= 0.6 is 8.10 Å². The van der Waals surface area contributed by atoms with E-state index in [1.165, 1.54) is 0 Å². The van der Waals surface area contributed by atoms with E-state index in [4.69, 9.17) is 0 Å². The number of hydrogen-bond donors (Lipinski definition) is 1. The van der Waals surface area contributed by atoms with Gasteiger partial charge in [-0.2, -0.15) is 0 Å². The largest absolute Gasteiger partial charge is 0.539 e. The maximum atomic E-state index is 13.0. The molecule has 0 saturated carbocycles. The molecule has 1 N–H and O–H groups in total. The summed E-state index contributed by atoms with van der Waals surface area (Å²) >= 11 is 0. The van der Waals surface area contributed by atoms with E-state index in [0.717, 1.165) is 6.42 Å². The van der Waals surface area contributed by atoms with Gasteiger partial charge >= 0.3 is 14.1 Å². The molecule has 0 aromatic rings. The summed E-state index contributed by atoms with van der Waals surface area (Å²) in [6.07, 6.45) is 5.39. The number of carbonyl (C=O) groups is 1. The molecule has 0 spiro atoms. The third-order valence-corrected chi connectivity index (χ3v) is 5.73. The summed E-state index contributed by atoms with van der Waals surface area (Å²) < 4.78 is 16.6. The molecule has 1 rings (SSSR count). The highest BCUT2D eigenvalue weighted by molar-refractivity contribution is 7.39. The summed E-state index contributed by atoms with van der Waals surface area (Å²) in [6, 6.07) is -0.525. The number of carboxylic acid groups (broad SMARTS) is 1. The summed E-state index contributed by atoms with van der Waals surface area (Å²) in [6.45, 7) is 11.4. The molecule has 0 aliphatic carbocycles. The maximum absolute atomic E-state index is 13.0. The Bertz CT molecular complexity index is 424. The average molecular weight is 329 g/mol. The monoisotopic (exact) mass is 329 g/mol. The molecular weight excluding hydrogens is 299 g/mol. The number of rotatable bonds is 7. The summed E-state index contributed by atoms with van der Waals surface area (Å²) in [4.78, 5) is 11.6. The van der Waals surface area contributed by atoms with Crippen LogP contribution < -0.4 is 0 Å². The predicted octanol–water partition coefficient (Wildman–Crippen LogP) is 3.75. The van der Waals surface area contributed by atoms with Crippen LogP contribution in [0.15, 0.2) is 12.2 Å². The lowest BCUT2D eigenvalue weighted by molar-refractivity contribution is -0.142. The maximum Gasteiger partial charge on any atom is 0.539 e. The molecule has 0 radical (unpaired) electrons. The summed E-state index contributed by atoms with van der Waals surface area (Å²) in [7, 11) is -1.84. The van der Waals surface area contributed by atoms with Crippen molar-refractivity contribution in [2.24, 2.45) is 11.8 Å². The lowest BCUT2D eigenvalue weighted by atomic mass is 10.0. The van der Waals surface area contributed by atoms with Crippen molar-refractivity contribution in [1.29, 1.82) is 0 Å². The van der Waals surface area contributed by atoms with Crippen molar-refractivity contribution < 1.29 is 14.5 Å². The molecular formula is C16H30N2O3P+. The number of hydrogen-bond acceptors (Lipinski definition) is 2. The van der Waals surface area contributed by atoms with Gasteiger partial charge in [0.1, 0.15) is 0 Å². The van der Waals surface area contributed by atoms with Crippen LogP contribution in [0.25, 0.3) is 0 Å². The number of carboxylic acids is 1. The second-order valence-electron chi connectivity index (χ2n) is 6.93. The van der Waals surface area contributed by atoms with Gasteiger partial charge in [0.15, 0.2) is 6.04 Å². The fourth-order valence-electron chi connectivity index (χ4n) is 2.85. The minimum Gasteiger partial charge on any atom is -0.480 e. The van der Waals surface area contributed by atoms with Gasteiger partial charge < -0.3 is 5.11 Å². The van der Waals surface area contributed by atoms with Crippen LogP contribution in [0, 0.1) is 11.8 Å². The topological polar surface area (TPSA) is 60.9 Å². The van der Waals surface area contributed by atoms with Crippen molar-refractivity contribution in [3.8, 4) is 0 Å². The molecule has 1 aliphatic rings. The average Bonchev–Trinajstić information content (AvgIpc) is 2.56. The molecule has 0 fully saturated rings. The van der Waals surface area contributed by atoms with E-state index in [1.807, 2.05) is 30.7 Å². The summed E-state index contributed by atoms with van der Waals surface area (Å²) in [5.41, 5.74) is 0. The molecule has 6 heteroatoms. The van der Waals surface area contributed by atoms with E-state index in [2.05, 4.69) is 20.8 Å². The molecule has 1 heterocycles. The van der Waals surface area contributed by atoms with Crippen LogP contribution in [-0.2, 0) is 9.36 Å². The van der Waals surface area contributed by atoms with Crippen LogP contribution in [0.5, 0.6) is 0 Å². The molecule has 3 unspecified atom stereocenters. The third kappa shape index (κ3) is 5.45. The van der Waals surface area contributed by atoms with E-state index in [-0.39, 0.29) is 12.0 Å². The van der Waals surface area contributed by atoms with Crippen molar-refractivity contribution >= 4 is 14.1 Å². The highest BCUT2D eigenvalue weighted by Crippen LogP contribution is 2.39. The molecule has 126 valence electrons. The first-order valence-electron chi connectivity index (χ1n) is 8.12. The van der Waals surface area contributed by atoms with Crippen LogP contribution in [0.1, 0.15) is 47.5 Å². The second-order valence-corrected chi connectivity index (χ2v) is 8.46. The quantitative estimate of drug-likeness (QED) is 0.569. The first-order valence-corrected chi connectivity index (χ1v) is 9.28. The van der Waals surface area contributed by atoms with Crippen molar-refractivity contribution in [1.82, 2.24) is 9.34 Å². The van der Waals surface area contributed by atoms with Crippen molar-refractivity contribution in [3.63, 3.8) is 0 Å². The predicted molar refractivity (Wildman–Crippen MR) is 90.0 cm³/mol. The highest BCUT2D eigenvalue weighted by atomic mass is 31.1. The van der Waals surface area contributed by atoms with E-state index in [0.29, 0.717) is 25.4 Å². The number of aliphatic carboxylic acids is 1. The highest BCUT2D eigenvalue weighted by Gasteiger charge is 2.46. The SMILES string of the molecule is CC(C)CC(C)N1CC=CCN(C(CC(C)C)C(=O)O)[P+]1=O. The Labute approximate surface area is 135 Å². The molecule has 0 amide bonds. The van der Waals surface area contributed by atoms with Crippen molar-refractivity contribution in [2.45, 2.75) is 59.5 Å². The normalized spacial score (nSPS) is 22.0. The molecule has 22 heavy (non-hydrogen) atoms. The van der Waals surface area contributed by atoms with Crippen LogP contribution in [0.2, 0.25) is 0 Å². The first kappa shape index (κ1) is 19.3. The van der Waals surface area contributed by atoms with Gasteiger partial charge in [0.2, 0.25) is 0 Å². The Morgan fingerprint density at radius 2 is 1.55 bits per heavy atom. The Kier molecular flexibility index (Phi) is 7.67. The minimum absolute atomic E-state index is 0.169. The Balaban J connectivity index is 2.96. The Morgan fingerprint density at radius 1 is 1.05 bits per heavy atom. The Hall–Kier alpha value is -0.770. The van der Waals surface area contributed by atoms with Crippen LogP contribution in [0.4, 0.5) is 0 Å². The van der Waals surface area contributed by atoms with Crippen molar-refractivity contribution in [2.75, 3.05) is 13.1 Å². The second kappa shape index (κ2) is 8.76. The van der Waals surface area contributed by atoms with Gasteiger partial charge in [-0.3, -0.25) is 4.79 Å². The smallest absolute Gasteiger partial charge is 0.480 e. The molecule has 0 bridgehead atoms. The Morgan fingerprint density at radius 3 is 2.00 bits per heavy atom. The van der Waals surface area contributed by atoms with E-state index in [9.17, 15) is 14.5 Å². The van der Waals surface area contributed by atoms with Crippen LogP contribution in [-0.4, -0.2) is 45.6 Å². The molecule has 5 nitrogen and oxygen atoms in total. The van der Waals surface area contributed by atoms with Gasteiger partial charge in [-0.1, -0.05) is 49.2 Å². The zero-order chi connectivity index (χ0) is 16.9. The summed E-state index contributed by atoms with van der Waals surface area (Å²) in [5, 5.41) is 9.54. The fraction of sp³-hybridized carbons (Fsp3) is 0.812. The standard InChI is InChI=1S/C16H29N2O3P/c1-12(2)10-14(5)17-8-6-7-9-18(22(17)21)15(16(19)20)11-13(3)4/h6-7,12-15H,8-11H2,1-5H3/p+1. The first-order chi connectivity index (χ1) is 10.2. The fourth-order valence-corrected chi connectivity index (χ4v) is 4.47.